The summed E-state index contributed by atoms with van der Waals surface area (Å²) in [6.07, 6.45) is 0. The lowest BCUT2D eigenvalue weighted by Crippen LogP contribution is -2.20. The van der Waals surface area contributed by atoms with Gasteiger partial charge in [0.15, 0.2) is 11.7 Å². The molecule has 7 heteroatoms. The first-order valence-corrected chi connectivity index (χ1v) is 8.24. The van der Waals surface area contributed by atoms with Gasteiger partial charge in [-0.15, -0.1) is 0 Å². The number of nitrogens with zero attached hydrogens (tertiary/aromatic N) is 1. The first kappa shape index (κ1) is 16.2. The van der Waals surface area contributed by atoms with Gasteiger partial charge in [0.2, 0.25) is 0 Å². The zero-order valence-corrected chi connectivity index (χ0v) is 14.2. The fraction of sp³-hybridized carbons (Fsp3) is 0.176. The number of fused-ring (bicyclic) bond motifs is 1. The van der Waals surface area contributed by atoms with Gasteiger partial charge in [-0.3, -0.25) is 10.2 Å². The second kappa shape index (κ2) is 6.86. The SMILES string of the molecule is Cc1cccc(OCC(=O)Nc2cc(C)c3nc(NN)sc3c2)c1. The van der Waals surface area contributed by atoms with Crippen molar-refractivity contribution in [3.63, 3.8) is 0 Å². The summed E-state index contributed by atoms with van der Waals surface area (Å²) in [5, 5.41) is 3.49. The average Bonchev–Trinajstić information content (AvgIpc) is 2.97. The minimum Gasteiger partial charge on any atom is -0.484 e. The Bertz CT molecular complexity index is 891. The van der Waals surface area contributed by atoms with Crippen LogP contribution in [0.4, 0.5) is 10.8 Å². The highest BCUT2D eigenvalue weighted by Crippen LogP contribution is 2.30. The lowest BCUT2D eigenvalue weighted by molar-refractivity contribution is -0.118. The summed E-state index contributed by atoms with van der Waals surface area (Å²) in [7, 11) is 0. The molecule has 0 spiro atoms. The predicted molar refractivity (Wildman–Crippen MR) is 97.5 cm³/mol. The molecule has 0 radical (unpaired) electrons. The van der Waals surface area contributed by atoms with Crippen molar-refractivity contribution in [3.05, 3.63) is 47.5 Å². The first-order chi connectivity index (χ1) is 11.5. The van der Waals surface area contributed by atoms with E-state index in [-0.39, 0.29) is 12.5 Å². The van der Waals surface area contributed by atoms with E-state index in [0.29, 0.717) is 16.6 Å². The molecule has 0 aliphatic heterocycles. The van der Waals surface area contributed by atoms with E-state index in [9.17, 15) is 4.79 Å². The molecule has 0 aliphatic rings. The highest BCUT2D eigenvalue weighted by atomic mass is 32.1. The number of nitrogen functional groups attached to an aromatic ring is 1. The molecule has 0 unspecified atom stereocenters. The molecule has 0 saturated heterocycles. The number of nitrogens with two attached hydrogens (primary N) is 1. The third-order valence-electron chi connectivity index (χ3n) is 3.45. The lowest BCUT2D eigenvalue weighted by atomic mass is 10.2. The Kier molecular flexibility index (Phi) is 4.64. The van der Waals surface area contributed by atoms with E-state index in [0.717, 1.165) is 21.3 Å². The topological polar surface area (TPSA) is 89.3 Å². The molecular weight excluding hydrogens is 324 g/mol. The van der Waals surface area contributed by atoms with Gasteiger partial charge in [-0.05, 0) is 49.2 Å². The van der Waals surface area contributed by atoms with Crippen LogP contribution in [0.1, 0.15) is 11.1 Å². The standard InChI is InChI=1S/C17H18N4O2S/c1-10-4-3-5-13(6-10)23-9-15(22)19-12-7-11(2)16-14(8-12)24-17(20-16)21-18/h3-8H,9,18H2,1-2H3,(H,19,22)(H,20,21). The number of ether oxygens (including phenoxy) is 1. The third-order valence-corrected chi connectivity index (χ3v) is 4.39. The second-order valence-corrected chi connectivity index (χ2v) is 6.49. The Balaban J connectivity index is 1.68. The molecule has 1 heterocycles. The average molecular weight is 342 g/mol. The Morgan fingerprint density at radius 3 is 2.88 bits per heavy atom. The van der Waals surface area contributed by atoms with E-state index in [2.05, 4.69) is 15.7 Å². The van der Waals surface area contributed by atoms with Crippen molar-refractivity contribution in [2.24, 2.45) is 5.84 Å². The molecule has 3 aromatic rings. The van der Waals surface area contributed by atoms with Crippen molar-refractivity contribution in [3.8, 4) is 5.75 Å². The number of carbonyl (C=O) groups is 1. The Morgan fingerprint density at radius 2 is 2.12 bits per heavy atom. The number of hydrogen-bond donors (Lipinski definition) is 3. The van der Waals surface area contributed by atoms with Crippen LogP contribution in [0, 0.1) is 13.8 Å². The third kappa shape index (κ3) is 3.64. The number of hydrogen-bond acceptors (Lipinski definition) is 6. The van der Waals surface area contributed by atoms with E-state index >= 15 is 0 Å². The summed E-state index contributed by atoms with van der Waals surface area (Å²) in [6, 6.07) is 11.4. The van der Waals surface area contributed by atoms with Gasteiger partial charge in [0.05, 0.1) is 10.2 Å². The van der Waals surface area contributed by atoms with Gasteiger partial charge >= 0.3 is 0 Å². The molecule has 0 fully saturated rings. The molecule has 6 nitrogen and oxygen atoms in total. The highest BCUT2D eigenvalue weighted by molar-refractivity contribution is 7.22. The minimum atomic E-state index is -0.211. The van der Waals surface area contributed by atoms with Crippen LogP contribution in [-0.2, 0) is 4.79 Å². The fourth-order valence-corrected chi connectivity index (χ4v) is 3.28. The summed E-state index contributed by atoms with van der Waals surface area (Å²) in [4.78, 5) is 16.5. The lowest BCUT2D eigenvalue weighted by Gasteiger charge is -2.09. The smallest absolute Gasteiger partial charge is 0.262 e. The van der Waals surface area contributed by atoms with Crippen molar-refractivity contribution in [2.45, 2.75) is 13.8 Å². The molecule has 0 atom stereocenters. The van der Waals surface area contributed by atoms with Crippen LogP contribution in [-0.4, -0.2) is 17.5 Å². The van der Waals surface area contributed by atoms with E-state index in [1.807, 2.05) is 50.2 Å². The zero-order chi connectivity index (χ0) is 17.1. The molecule has 124 valence electrons. The maximum Gasteiger partial charge on any atom is 0.262 e. The zero-order valence-electron chi connectivity index (χ0n) is 13.4. The van der Waals surface area contributed by atoms with Crippen LogP contribution in [0.15, 0.2) is 36.4 Å². The van der Waals surface area contributed by atoms with Crippen LogP contribution in [0.25, 0.3) is 10.2 Å². The molecular formula is C17H18N4O2S. The summed E-state index contributed by atoms with van der Waals surface area (Å²) in [6.45, 7) is 3.88. The highest BCUT2D eigenvalue weighted by Gasteiger charge is 2.10. The number of benzene rings is 2. The van der Waals surface area contributed by atoms with Crippen LogP contribution >= 0.6 is 11.3 Å². The van der Waals surface area contributed by atoms with E-state index in [1.54, 1.807) is 0 Å². The maximum absolute atomic E-state index is 12.1. The molecule has 1 amide bonds. The Morgan fingerprint density at radius 1 is 1.29 bits per heavy atom. The Hall–Kier alpha value is -2.64. The van der Waals surface area contributed by atoms with Crippen molar-refractivity contribution < 1.29 is 9.53 Å². The first-order valence-electron chi connectivity index (χ1n) is 7.42. The van der Waals surface area contributed by atoms with Gasteiger partial charge in [0, 0.05) is 5.69 Å². The maximum atomic E-state index is 12.1. The van der Waals surface area contributed by atoms with Gasteiger partial charge in [0.25, 0.3) is 5.91 Å². The van der Waals surface area contributed by atoms with Crippen LogP contribution in [0.5, 0.6) is 5.75 Å². The van der Waals surface area contributed by atoms with E-state index in [1.165, 1.54) is 11.3 Å². The van der Waals surface area contributed by atoms with Crippen molar-refractivity contribution in [2.75, 3.05) is 17.3 Å². The molecule has 0 bridgehead atoms. The number of amides is 1. The number of hydrazine groups is 1. The Labute approximate surface area is 143 Å². The number of thiazole rings is 1. The van der Waals surface area contributed by atoms with Crippen molar-refractivity contribution >= 4 is 38.3 Å². The van der Waals surface area contributed by atoms with E-state index < -0.39 is 0 Å². The normalized spacial score (nSPS) is 10.6. The summed E-state index contributed by atoms with van der Waals surface area (Å²) >= 11 is 1.43. The minimum absolute atomic E-state index is 0.0428. The monoisotopic (exact) mass is 342 g/mol. The number of carbonyl (C=O) groups excluding carboxylic acids is 1. The number of aromatic nitrogens is 1. The molecule has 1 aromatic heterocycles. The molecule has 0 aliphatic carbocycles. The summed E-state index contributed by atoms with van der Waals surface area (Å²) in [5.41, 5.74) is 6.20. The summed E-state index contributed by atoms with van der Waals surface area (Å²) < 4.78 is 6.47. The van der Waals surface area contributed by atoms with E-state index in [4.69, 9.17) is 10.6 Å². The number of aryl methyl sites for hydroxylation is 2. The van der Waals surface area contributed by atoms with Gasteiger partial charge in [-0.2, -0.15) is 0 Å². The number of anilines is 2. The largest absolute Gasteiger partial charge is 0.484 e. The molecule has 24 heavy (non-hydrogen) atoms. The molecule has 3 rings (SSSR count). The van der Waals surface area contributed by atoms with Gasteiger partial charge in [-0.1, -0.05) is 23.5 Å². The quantitative estimate of drug-likeness (QED) is 0.489. The second-order valence-electron chi connectivity index (χ2n) is 5.46. The van der Waals surface area contributed by atoms with Crippen molar-refractivity contribution in [1.29, 1.82) is 0 Å². The van der Waals surface area contributed by atoms with Crippen LogP contribution in [0.3, 0.4) is 0 Å². The van der Waals surface area contributed by atoms with Gasteiger partial charge in [0.1, 0.15) is 5.75 Å². The van der Waals surface area contributed by atoms with Gasteiger partial charge in [-0.25, -0.2) is 10.8 Å². The van der Waals surface area contributed by atoms with Crippen LogP contribution < -0.4 is 21.3 Å². The summed E-state index contributed by atoms with van der Waals surface area (Å²) in [5.74, 6) is 5.87. The predicted octanol–water partition coefficient (Wildman–Crippen LogP) is 3.22. The molecule has 0 saturated carbocycles. The number of rotatable bonds is 5. The molecule has 4 N–H and O–H groups in total. The van der Waals surface area contributed by atoms with Crippen LogP contribution in [0.2, 0.25) is 0 Å². The van der Waals surface area contributed by atoms with Crippen molar-refractivity contribution in [1.82, 2.24) is 4.98 Å². The fourth-order valence-electron chi connectivity index (χ4n) is 2.38. The molecule has 2 aromatic carbocycles. The number of nitrogens with one attached hydrogen (secondary N) is 2. The van der Waals surface area contributed by atoms with Gasteiger partial charge < -0.3 is 10.1 Å².